The molecule has 0 saturated heterocycles. The number of amides is 2. The average Bonchev–Trinajstić information content (AvgIpc) is 3.18. The Morgan fingerprint density at radius 3 is 2.46 bits per heavy atom. The van der Waals surface area contributed by atoms with E-state index in [1.165, 1.54) is 26.2 Å². The van der Waals surface area contributed by atoms with Crippen LogP contribution >= 0.6 is 0 Å². The van der Waals surface area contributed by atoms with Crippen LogP contribution in [0.5, 0.6) is 5.75 Å². The number of fused-ring (bicyclic) bond motifs is 1. The summed E-state index contributed by atoms with van der Waals surface area (Å²) in [5.41, 5.74) is 4.48. The van der Waals surface area contributed by atoms with Crippen LogP contribution < -0.4 is 15.8 Å². The van der Waals surface area contributed by atoms with Crippen molar-refractivity contribution in [3.8, 4) is 11.8 Å². The lowest BCUT2D eigenvalue weighted by atomic mass is 10.1. The lowest BCUT2D eigenvalue weighted by Crippen LogP contribution is -2.19. The first-order valence-corrected chi connectivity index (χ1v) is 10.8. The van der Waals surface area contributed by atoms with Crippen molar-refractivity contribution >= 4 is 28.4 Å². The Balaban J connectivity index is 1.77. The van der Waals surface area contributed by atoms with Crippen LogP contribution in [0.25, 0.3) is 10.9 Å². The predicted molar refractivity (Wildman–Crippen MR) is 127 cm³/mol. The summed E-state index contributed by atoms with van der Waals surface area (Å²) < 4.78 is 47.9. The van der Waals surface area contributed by atoms with Crippen molar-refractivity contribution in [1.29, 1.82) is 5.26 Å². The maximum atomic E-state index is 13.9. The first kappa shape index (κ1) is 25.2. The molecular weight excluding hydrogens is 489 g/mol. The molecule has 0 atom stereocenters. The van der Waals surface area contributed by atoms with Gasteiger partial charge in [-0.3, -0.25) is 14.3 Å². The molecule has 0 aliphatic carbocycles. The fourth-order valence-electron chi connectivity index (χ4n) is 3.74. The molecule has 0 bridgehead atoms. The molecule has 2 aromatic heterocycles. The minimum Gasteiger partial charge on any atom is -0.497 e. The van der Waals surface area contributed by atoms with E-state index in [-0.39, 0.29) is 34.4 Å². The first-order chi connectivity index (χ1) is 17.5. The molecule has 2 aromatic carbocycles. The second-order valence-corrected chi connectivity index (χ2v) is 8.03. The summed E-state index contributed by atoms with van der Waals surface area (Å²) in [6.45, 7) is 1.37. The molecule has 4 aromatic rings. The number of benzene rings is 2. The zero-order valence-corrected chi connectivity index (χ0v) is 19.6. The van der Waals surface area contributed by atoms with Crippen molar-refractivity contribution in [2.75, 3.05) is 12.4 Å². The zero-order valence-electron chi connectivity index (χ0n) is 19.6. The van der Waals surface area contributed by atoms with Crippen molar-refractivity contribution in [3.05, 3.63) is 82.3 Å². The van der Waals surface area contributed by atoms with Gasteiger partial charge in [0.1, 0.15) is 11.4 Å². The number of nitrogens with one attached hydrogen (secondary N) is 1. The Bertz CT molecular complexity index is 1570. The number of nitriles is 1. The number of pyridine rings is 1. The van der Waals surface area contributed by atoms with Crippen LogP contribution in [0.2, 0.25) is 0 Å². The SMILES string of the molecule is COc1ccc2c(C(=O)Nc3c(C(F)(F)F)nn(Cc4ccc(C#N)cc4)c3C)cc(C(N)=O)nc2c1. The predicted octanol–water partition coefficient (Wildman–Crippen LogP) is 4.04. The number of anilines is 1. The van der Waals surface area contributed by atoms with Gasteiger partial charge in [-0.05, 0) is 42.8 Å². The molecule has 0 spiro atoms. The minimum absolute atomic E-state index is 0.0275. The summed E-state index contributed by atoms with van der Waals surface area (Å²) in [5, 5.41) is 15.2. The van der Waals surface area contributed by atoms with Crippen molar-refractivity contribution in [3.63, 3.8) is 0 Å². The molecule has 0 unspecified atom stereocenters. The number of hydrogen-bond donors (Lipinski definition) is 2. The molecule has 12 heteroatoms. The second kappa shape index (κ2) is 9.62. The Morgan fingerprint density at radius 1 is 1.16 bits per heavy atom. The van der Waals surface area contributed by atoms with Gasteiger partial charge in [-0.15, -0.1) is 0 Å². The summed E-state index contributed by atoms with van der Waals surface area (Å²) in [5.74, 6) is -1.43. The number of primary amides is 1. The van der Waals surface area contributed by atoms with Gasteiger partial charge in [0, 0.05) is 11.5 Å². The number of carbonyl (C=O) groups excluding carboxylic acids is 2. The van der Waals surface area contributed by atoms with Gasteiger partial charge >= 0.3 is 6.18 Å². The molecule has 0 aliphatic heterocycles. The van der Waals surface area contributed by atoms with Crippen LogP contribution in [0.4, 0.5) is 18.9 Å². The monoisotopic (exact) mass is 508 g/mol. The van der Waals surface area contributed by atoms with Gasteiger partial charge in [0.25, 0.3) is 11.8 Å². The molecule has 4 rings (SSSR count). The Morgan fingerprint density at radius 2 is 1.86 bits per heavy atom. The molecule has 0 saturated carbocycles. The topological polar surface area (TPSA) is 136 Å². The molecule has 9 nitrogen and oxygen atoms in total. The number of ether oxygens (including phenoxy) is 1. The largest absolute Gasteiger partial charge is 0.497 e. The van der Waals surface area contributed by atoms with Gasteiger partial charge < -0.3 is 15.8 Å². The molecule has 0 fully saturated rings. The van der Waals surface area contributed by atoms with Crippen LogP contribution in [-0.4, -0.2) is 33.7 Å². The Hall–Kier alpha value is -4.92. The summed E-state index contributed by atoms with van der Waals surface area (Å²) in [6.07, 6.45) is -4.87. The number of rotatable bonds is 6. The number of aromatic nitrogens is 3. The standard InChI is InChI=1S/C25H19F3N6O3/c1-13-21(22(25(26,27)28)33-34(13)12-15-5-3-14(11-29)4-6-15)32-24(36)18-10-20(23(30)35)31-19-9-16(37-2)7-8-17(18)19/h3-10H,12H2,1-2H3,(H2,30,35)(H,32,36). The molecule has 2 amide bonds. The van der Waals surface area contributed by atoms with Crippen molar-refractivity contribution < 1.29 is 27.5 Å². The number of alkyl halides is 3. The highest BCUT2D eigenvalue weighted by molar-refractivity contribution is 6.14. The van der Waals surface area contributed by atoms with E-state index in [2.05, 4.69) is 15.4 Å². The Labute approximate surface area is 208 Å². The maximum absolute atomic E-state index is 13.9. The van der Waals surface area contributed by atoms with Gasteiger partial charge in [-0.25, -0.2) is 4.98 Å². The summed E-state index contributed by atoms with van der Waals surface area (Å²) in [6, 6.07) is 13.9. The van der Waals surface area contributed by atoms with Crippen molar-refractivity contribution in [1.82, 2.24) is 14.8 Å². The van der Waals surface area contributed by atoms with Crippen LogP contribution in [0.1, 0.15) is 43.4 Å². The van der Waals surface area contributed by atoms with E-state index >= 15 is 0 Å². The number of halogens is 3. The molecule has 0 aliphatic rings. The molecule has 188 valence electrons. The fourth-order valence-corrected chi connectivity index (χ4v) is 3.74. The molecule has 2 heterocycles. The van der Waals surface area contributed by atoms with E-state index in [4.69, 9.17) is 15.7 Å². The van der Waals surface area contributed by atoms with Gasteiger partial charge in [0.2, 0.25) is 0 Å². The van der Waals surface area contributed by atoms with Gasteiger partial charge in [-0.2, -0.15) is 23.5 Å². The highest BCUT2D eigenvalue weighted by Gasteiger charge is 2.39. The van der Waals surface area contributed by atoms with Crippen LogP contribution in [-0.2, 0) is 12.7 Å². The molecule has 3 N–H and O–H groups in total. The first-order valence-electron chi connectivity index (χ1n) is 10.8. The van der Waals surface area contributed by atoms with Gasteiger partial charge in [0.05, 0.1) is 47.7 Å². The van der Waals surface area contributed by atoms with Gasteiger partial charge in [0.15, 0.2) is 5.69 Å². The summed E-state index contributed by atoms with van der Waals surface area (Å²) in [4.78, 5) is 29.2. The van der Waals surface area contributed by atoms with E-state index in [9.17, 15) is 22.8 Å². The minimum atomic E-state index is -4.87. The zero-order chi connectivity index (χ0) is 26.9. The maximum Gasteiger partial charge on any atom is 0.437 e. The van der Waals surface area contributed by atoms with Crippen LogP contribution in [0.3, 0.4) is 0 Å². The molecular formula is C25H19F3N6O3. The highest BCUT2D eigenvalue weighted by atomic mass is 19.4. The third-order valence-electron chi connectivity index (χ3n) is 5.64. The second-order valence-electron chi connectivity index (χ2n) is 8.03. The van der Waals surface area contributed by atoms with E-state index < -0.39 is 29.4 Å². The van der Waals surface area contributed by atoms with Crippen molar-refractivity contribution in [2.24, 2.45) is 5.73 Å². The van der Waals surface area contributed by atoms with E-state index in [0.29, 0.717) is 16.9 Å². The van der Waals surface area contributed by atoms with Crippen LogP contribution in [0, 0.1) is 18.3 Å². The van der Waals surface area contributed by atoms with E-state index in [1.807, 2.05) is 6.07 Å². The Kier molecular flexibility index (Phi) is 6.54. The number of methoxy groups -OCH3 is 1. The summed E-state index contributed by atoms with van der Waals surface area (Å²) >= 11 is 0. The number of nitrogens with two attached hydrogens (primary N) is 1. The number of hydrogen-bond acceptors (Lipinski definition) is 6. The number of nitrogens with zero attached hydrogens (tertiary/aromatic N) is 4. The van der Waals surface area contributed by atoms with Gasteiger partial charge in [-0.1, -0.05) is 12.1 Å². The van der Waals surface area contributed by atoms with Crippen molar-refractivity contribution in [2.45, 2.75) is 19.6 Å². The lowest BCUT2D eigenvalue weighted by molar-refractivity contribution is -0.140. The quantitative estimate of drug-likeness (QED) is 0.404. The lowest BCUT2D eigenvalue weighted by Gasteiger charge is -2.12. The van der Waals surface area contributed by atoms with E-state index in [0.717, 1.165) is 10.7 Å². The highest BCUT2D eigenvalue weighted by Crippen LogP contribution is 2.36. The fraction of sp³-hybridized carbons (Fsp3) is 0.160. The molecule has 37 heavy (non-hydrogen) atoms. The smallest absolute Gasteiger partial charge is 0.437 e. The normalized spacial score (nSPS) is 11.2. The molecule has 0 radical (unpaired) electrons. The van der Waals surface area contributed by atoms with Crippen LogP contribution in [0.15, 0.2) is 48.5 Å². The number of carbonyl (C=O) groups is 2. The van der Waals surface area contributed by atoms with E-state index in [1.54, 1.807) is 30.3 Å². The third-order valence-corrected chi connectivity index (χ3v) is 5.64. The third kappa shape index (κ3) is 5.06. The average molecular weight is 508 g/mol. The summed E-state index contributed by atoms with van der Waals surface area (Å²) in [7, 11) is 1.42.